The van der Waals surface area contributed by atoms with Crippen molar-refractivity contribution < 1.29 is 23.4 Å². The Morgan fingerprint density at radius 3 is 2.57 bits per heavy atom. The zero-order valence-electron chi connectivity index (χ0n) is 12.4. The molecule has 0 bridgehead atoms. The van der Waals surface area contributed by atoms with Gasteiger partial charge >= 0.3 is 5.97 Å². The van der Waals surface area contributed by atoms with Gasteiger partial charge in [0.2, 0.25) is 0 Å². The summed E-state index contributed by atoms with van der Waals surface area (Å²) in [5.74, 6) is -2.18. The summed E-state index contributed by atoms with van der Waals surface area (Å²) in [5, 5.41) is 13.1. The Morgan fingerprint density at radius 2 is 2.00 bits per heavy atom. The van der Waals surface area contributed by atoms with Crippen LogP contribution in [-0.2, 0) is 17.7 Å². The van der Waals surface area contributed by atoms with Gasteiger partial charge in [0.15, 0.2) is 5.69 Å². The molecule has 0 saturated carbocycles. The highest BCUT2D eigenvalue weighted by Gasteiger charge is 2.23. The van der Waals surface area contributed by atoms with Crippen molar-refractivity contribution in [2.45, 2.75) is 19.9 Å². The Bertz CT molecular complexity index is 699. The molecule has 23 heavy (non-hydrogen) atoms. The van der Waals surface area contributed by atoms with Crippen molar-refractivity contribution in [1.82, 2.24) is 9.78 Å². The third-order valence-electron chi connectivity index (χ3n) is 3.18. The van der Waals surface area contributed by atoms with Gasteiger partial charge in [0, 0.05) is 24.2 Å². The number of hydrogen-bond acceptors (Lipinski definition) is 4. The summed E-state index contributed by atoms with van der Waals surface area (Å²) in [6.07, 6.45) is 0.0761. The zero-order valence-corrected chi connectivity index (χ0v) is 13.1. The van der Waals surface area contributed by atoms with Gasteiger partial charge in [0.25, 0.3) is 0 Å². The minimum atomic E-state index is -0.738. The largest absolute Gasteiger partial charge is 0.461 e. The van der Waals surface area contributed by atoms with Crippen molar-refractivity contribution in [2.24, 2.45) is 0 Å². The summed E-state index contributed by atoms with van der Waals surface area (Å²) in [7, 11) is 0. The van der Waals surface area contributed by atoms with Gasteiger partial charge < -0.3 is 9.84 Å². The summed E-state index contributed by atoms with van der Waals surface area (Å²) >= 11 is 6.14. The number of ether oxygens (including phenoxy) is 1. The molecule has 1 aromatic heterocycles. The van der Waals surface area contributed by atoms with Crippen LogP contribution in [0.4, 0.5) is 8.78 Å². The lowest BCUT2D eigenvalue weighted by Crippen LogP contribution is -2.10. The number of aliphatic hydroxyl groups is 1. The standard InChI is InChI=1S/C15H15ClF2N2O3/c1-2-23-15(22)13-9(6-7-21)14(16)20(19-13)8-10-11(17)4-3-5-12(10)18/h3-5,21H,2,6-8H2,1H3. The number of benzene rings is 1. The molecule has 0 fully saturated rings. The normalized spacial score (nSPS) is 10.8. The second-order valence-electron chi connectivity index (χ2n) is 4.67. The average Bonchev–Trinajstić information content (AvgIpc) is 2.81. The molecule has 2 rings (SSSR count). The first-order valence-electron chi connectivity index (χ1n) is 6.95. The maximum atomic E-state index is 13.7. The number of hydrogen-bond donors (Lipinski definition) is 1. The molecule has 2 aromatic rings. The van der Waals surface area contributed by atoms with E-state index in [1.165, 1.54) is 6.07 Å². The van der Waals surface area contributed by atoms with E-state index < -0.39 is 17.6 Å². The number of halogens is 3. The maximum Gasteiger partial charge on any atom is 0.359 e. The molecule has 0 aliphatic rings. The fraction of sp³-hybridized carbons (Fsp3) is 0.333. The van der Waals surface area contributed by atoms with Crippen LogP contribution in [0.5, 0.6) is 0 Å². The summed E-state index contributed by atoms with van der Waals surface area (Å²) in [4.78, 5) is 11.9. The van der Waals surface area contributed by atoms with E-state index in [1.54, 1.807) is 6.92 Å². The third-order valence-corrected chi connectivity index (χ3v) is 3.61. The van der Waals surface area contributed by atoms with Gasteiger partial charge in [0.05, 0.1) is 13.2 Å². The molecular formula is C15H15ClF2N2O3. The van der Waals surface area contributed by atoms with E-state index in [2.05, 4.69) is 5.10 Å². The van der Waals surface area contributed by atoms with E-state index in [1.807, 2.05) is 0 Å². The van der Waals surface area contributed by atoms with E-state index in [0.29, 0.717) is 0 Å². The lowest BCUT2D eigenvalue weighted by atomic mass is 10.2. The fourth-order valence-electron chi connectivity index (χ4n) is 2.11. The van der Waals surface area contributed by atoms with Gasteiger partial charge in [-0.25, -0.2) is 18.3 Å². The first-order valence-corrected chi connectivity index (χ1v) is 7.33. The Kier molecular flexibility index (Phi) is 5.68. The van der Waals surface area contributed by atoms with Gasteiger partial charge in [-0.2, -0.15) is 5.10 Å². The molecule has 0 aliphatic carbocycles. The molecule has 0 aliphatic heterocycles. The molecular weight excluding hydrogens is 330 g/mol. The molecule has 5 nitrogen and oxygen atoms in total. The van der Waals surface area contributed by atoms with Crippen LogP contribution in [0, 0.1) is 11.6 Å². The van der Waals surface area contributed by atoms with E-state index in [4.69, 9.17) is 21.4 Å². The van der Waals surface area contributed by atoms with Crippen LogP contribution in [-0.4, -0.2) is 34.1 Å². The highest BCUT2D eigenvalue weighted by Crippen LogP contribution is 2.24. The molecule has 1 aromatic carbocycles. The Balaban J connectivity index is 2.43. The van der Waals surface area contributed by atoms with E-state index >= 15 is 0 Å². The molecule has 0 unspecified atom stereocenters. The van der Waals surface area contributed by atoms with Crippen LogP contribution in [0.3, 0.4) is 0 Å². The van der Waals surface area contributed by atoms with Crippen molar-refractivity contribution in [3.05, 3.63) is 51.8 Å². The first-order chi connectivity index (χ1) is 11.0. The first kappa shape index (κ1) is 17.4. The zero-order chi connectivity index (χ0) is 17.0. The van der Waals surface area contributed by atoms with Crippen molar-refractivity contribution in [1.29, 1.82) is 0 Å². The Labute approximate surface area is 136 Å². The van der Waals surface area contributed by atoms with E-state index in [0.717, 1.165) is 16.8 Å². The minimum Gasteiger partial charge on any atom is -0.461 e. The summed E-state index contributed by atoms with van der Waals surface area (Å²) in [6, 6.07) is 3.49. The Morgan fingerprint density at radius 1 is 1.35 bits per heavy atom. The van der Waals surface area contributed by atoms with Crippen LogP contribution >= 0.6 is 11.6 Å². The number of aliphatic hydroxyl groups excluding tert-OH is 1. The Hall–Kier alpha value is -1.99. The van der Waals surface area contributed by atoms with Crippen LogP contribution in [0.1, 0.15) is 28.5 Å². The number of nitrogens with zero attached hydrogens (tertiary/aromatic N) is 2. The average molecular weight is 345 g/mol. The molecule has 0 atom stereocenters. The third kappa shape index (κ3) is 3.68. The molecule has 8 heteroatoms. The van der Waals surface area contributed by atoms with Crippen molar-refractivity contribution >= 4 is 17.6 Å². The molecule has 124 valence electrons. The van der Waals surface area contributed by atoms with Crippen molar-refractivity contribution in [3.63, 3.8) is 0 Å². The summed E-state index contributed by atoms with van der Waals surface area (Å²) in [5.41, 5.74) is -0.00475. The summed E-state index contributed by atoms with van der Waals surface area (Å²) in [6.45, 7) is 1.24. The lowest BCUT2D eigenvalue weighted by molar-refractivity contribution is 0.0517. The van der Waals surface area contributed by atoms with E-state index in [-0.39, 0.29) is 48.2 Å². The van der Waals surface area contributed by atoms with Crippen LogP contribution < -0.4 is 0 Å². The van der Waals surface area contributed by atoms with Gasteiger partial charge in [-0.1, -0.05) is 17.7 Å². The predicted octanol–water partition coefficient (Wildman–Crippen LogP) is 2.57. The van der Waals surface area contributed by atoms with Crippen LogP contribution in [0.15, 0.2) is 18.2 Å². The van der Waals surface area contributed by atoms with Crippen LogP contribution in [0.2, 0.25) is 5.15 Å². The smallest absolute Gasteiger partial charge is 0.359 e. The monoisotopic (exact) mass is 344 g/mol. The van der Waals surface area contributed by atoms with Gasteiger partial charge in [-0.15, -0.1) is 0 Å². The fourth-order valence-corrected chi connectivity index (χ4v) is 2.39. The van der Waals surface area contributed by atoms with Crippen molar-refractivity contribution in [2.75, 3.05) is 13.2 Å². The quantitative estimate of drug-likeness (QED) is 0.818. The molecule has 0 radical (unpaired) electrons. The molecule has 0 amide bonds. The highest BCUT2D eigenvalue weighted by atomic mass is 35.5. The van der Waals surface area contributed by atoms with Gasteiger partial charge in [-0.3, -0.25) is 0 Å². The van der Waals surface area contributed by atoms with Gasteiger partial charge in [-0.05, 0) is 19.1 Å². The SMILES string of the molecule is CCOC(=O)c1nn(Cc2c(F)cccc2F)c(Cl)c1CCO. The second kappa shape index (κ2) is 7.52. The summed E-state index contributed by atoms with van der Waals surface area (Å²) < 4.78 is 33.5. The topological polar surface area (TPSA) is 64.3 Å². The highest BCUT2D eigenvalue weighted by molar-refractivity contribution is 6.30. The number of esters is 1. The molecule has 1 N–H and O–H groups in total. The molecule has 1 heterocycles. The van der Waals surface area contributed by atoms with E-state index in [9.17, 15) is 13.6 Å². The van der Waals surface area contributed by atoms with Crippen molar-refractivity contribution in [3.8, 4) is 0 Å². The minimum absolute atomic E-state index is 0.0322. The number of carbonyl (C=O) groups excluding carboxylic acids is 1. The number of carbonyl (C=O) groups is 1. The lowest BCUT2D eigenvalue weighted by Gasteiger charge is -2.06. The molecule has 0 saturated heterocycles. The number of aromatic nitrogens is 2. The van der Waals surface area contributed by atoms with Gasteiger partial charge in [0.1, 0.15) is 16.8 Å². The second-order valence-corrected chi connectivity index (χ2v) is 5.03. The maximum absolute atomic E-state index is 13.7. The predicted molar refractivity (Wildman–Crippen MR) is 79.4 cm³/mol. The number of rotatable bonds is 6. The molecule has 0 spiro atoms. The van der Waals surface area contributed by atoms with Crippen LogP contribution in [0.25, 0.3) is 0 Å².